The van der Waals surface area contributed by atoms with Gasteiger partial charge in [0.1, 0.15) is 6.33 Å². The fourth-order valence-corrected chi connectivity index (χ4v) is 5.09. The average molecular weight is 328 g/mol. The summed E-state index contributed by atoms with van der Waals surface area (Å²) in [5.74, 6) is 0.0640. The second-order valence-corrected chi connectivity index (χ2v) is 8.20. The Morgan fingerprint density at radius 3 is 2.64 bits per heavy atom. The Balaban J connectivity index is 1.58. The SMILES string of the molecule is O=S(=O)(CCn1cnnn1)N1CCCC1CN1CCCCC1. The maximum Gasteiger partial charge on any atom is 0.216 e. The molecule has 2 aliphatic rings. The third-order valence-corrected chi connectivity index (χ3v) is 6.46. The molecule has 2 aliphatic heterocycles. The van der Waals surface area contributed by atoms with E-state index in [2.05, 4.69) is 20.4 Å². The smallest absolute Gasteiger partial charge is 0.216 e. The van der Waals surface area contributed by atoms with Crippen LogP contribution in [-0.4, -0.2) is 75.8 Å². The standard InChI is InChI=1S/C13H24N6O2S/c20-22(21,10-9-18-12-14-15-16-18)19-8-4-5-13(19)11-17-6-2-1-3-7-17/h12-13H,1-11H2. The Hall–Kier alpha value is -1.06. The van der Waals surface area contributed by atoms with Crippen LogP contribution in [0.1, 0.15) is 32.1 Å². The van der Waals surface area contributed by atoms with Gasteiger partial charge in [0, 0.05) is 19.1 Å². The van der Waals surface area contributed by atoms with Crippen LogP contribution in [0, 0.1) is 0 Å². The van der Waals surface area contributed by atoms with E-state index in [0.717, 1.165) is 32.5 Å². The van der Waals surface area contributed by atoms with Crippen LogP contribution in [0.5, 0.6) is 0 Å². The number of hydrogen-bond acceptors (Lipinski definition) is 6. The molecule has 3 heterocycles. The third-order valence-electron chi connectivity index (χ3n) is 4.57. The van der Waals surface area contributed by atoms with E-state index in [0.29, 0.717) is 13.1 Å². The number of likely N-dealkylation sites (tertiary alicyclic amines) is 1. The molecule has 0 aliphatic carbocycles. The van der Waals surface area contributed by atoms with Crippen molar-refractivity contribution in [2.75, 3.05) is 31.9 Å². The van der Waals surface area contributed by atoms with Crippen molar-refractivity contribution in [1.82, 2.24) is 29.4 Å². The molecule has 8 nitrogen and oxygen atoms in total. The van der Waals surface area contributed by atoms with E-state index in [-0.39, 0.29) is 11.8 Å². The van der Waals surface area contributed by atoms with Gasteiger partial charge in [0.05, 0.1) is 12.3 Å². The summed E-state index contributed by atoms with van der Waals surface area (Å²) in [7, 11) is -3.25. The first kappa shape index (κ1) is 15.8. The van der Waals surface area contributed by atoms with Crippen molar-refractivity contribution in [3.05, 3.63) is 6.33 Å². The van der Waals surface area contributed by atoms with Crippen LogP contribution in [-0.2, 0) is 16.6 Å². The predicted octanol–water partition coefficient (Wildman–Crippen LogP) is -0.0468. The van der Waals surface area contributed by atoms with Gasteiger partial charge in [-0.05, 0) is 49.2 Å². The highest BCUT2D eigenvalue weighted by Gasteiger charge is 2.35. The topological polar surface area (TPSA) is 84.2 Å². The van der Waals surface area contributed by atoms with E-state index in [4.69, 9.17) is 0 Å². The lowest BCUT2D eigenvalue weighted by Crippen LogP contribution is -2.45. The monoisotopic (exact) mass is 328 g/mol. The maximum atomic E-state index is 12.6. The Kier molecular flexibility index (Phi) is 5.04. The molecule has 0 saturated carbocycles. The van der Waals surface area contributed by atoms with Gasteiger partial charge in [-0.3, -0.25) is 0 Å². The van der Waals surface area contributed by atoms with E-state index < -0.39 is 10.0 Å². The molecule has 124 valence electrons. The highest BCUT2D eigenvalue weighted by molar-refractivity contribution is 7.89. The zero-order chi connectivity index (χ0) is 15.4. The minimum atomic E-state index is -3.25. The molecule has 1 unspecified atom stereocenters. The van der Waals surface area contributed by atoms with Crippen LogP contribution in [0.3, 0.4) is 0 Å². The molecule has 2 fully saturated rings. The van der Waals surface area contributed by atoms with Gasteiger partial charge in [-0.25, -0.2) is 13.1 Å². The van der Waals surface area contributed by atoms with Crippen LogP contribution in [0.2, 0.25) is 0 Å². The second-order valence-electron chi connectivity index (χ2n) is 6.16. The number of nitrogens with zero attached hydrogens (tertiary/aromatic N) is 6. The number of rotatable bonds is 6. The molecule has 0 bridgehead atoms. The predicted molar refractivity (Wildman–Crippen MR) is 81.6 cm³/mol. The average Bonchev–Trinajstić information content (AvgIpc) is 3.18. The van der Waals surface area contributed by atoms with E-state index in [1.807, 2.05) is 0 Å². The Labute approximate surface area is 131 Å². The molecule has 1 aromatic heterocycles. The van der Waals surface area contributed by atoms with Gasteiger partial charge in [-0.15, -0.1) is 5.10 Å². The molecule has 0 radical (unpaired) electrons. The quantitative estimate of drug-likeness (QED) is 0.728. The second kappa shape index (κ2) is 7.01. The van der Waals surface area contributed by atoms with Gasteiger partial charge in [-0.2, -0.15) is 4.31 Å². The van der Waals surface area contributed by atoms with Crippen molar-refractivity contribution in [2.45, 2.75) is 44.7 Å². The number of piperidine rings is 1. The van der Waals surface area contributed by atoms with Gasteiger partial charge in [0.2, 0.25) is 10.0 Å². The van der Waals surface area contributed by atoms with E-state index in [1.54, 1.807) is 4.31 Å². The van der Waals surface area contributed by atoms with Crippen molar-refractivity contribution in [1.29, 1.82) is 0 Å². The van der Waals surface area contributed by atoms with Gasteiger partial charge < -0.3 is 4.90 Å². The third kappa shape index (κ3) is 3.82. The number of sulfonamides is 1. The number of aromatic nitrogens is 4. The fraction of sp³-hybridized carbons (Fsp3) is 0.923. The summed E-state index contributed by atoms with van der Waals surface area (Å²) >= 11 is 0. The molecule has 1 atom stereocenters. The number of aryl methyl sites for hydroxylation is 1. The Bertz CT molecular complexity index is 555. The van der Waals surface area contributed by atoms with E-state index in [9.17, 15) is 8.42 Å². The number of hydrogen-bond donors (Lipinski definition) is 0. The van der Waals surface area contributed by atoms with Crippen molar-refractivity contribution in [3.63, 3.8) is 0 Å². The summed E-state index contributed by atoms with van der Waals surface area (Å²) in [5, 5.41) is 10.8. The van der Waals surface area contributed by atoms with Crippen LogP contribution in [0.4, 0.5) is 0 Å². The summed E-state index contributed by atoms with van der Waals surface area (Å²) in [6.07, 6.45) is 7.15. The first-order valence-corrected chi connectivity index (χ1v) is 9.69. The molecule has 9 heteroatoms. The minimum Gasteiger partial charge on any atom is -0.302 e. The molecule has 3 rings (SSSR count). The summed E-state index contributed by atoms with van der Waals surface area (Å²) in [6.45, 7) is 4.05. The molecule has 2 saturated heterocycles. The molecular weight excluding hydrogens is 304 g/mol. The van der Waals surface area contributed by atoms with E-state index in [1.165, 1.54) is 30.3 Å². The Morgan fingerprint density at radius 2 is 1.91 bits per heavy atom. The zero-order valence-electron chi connectivity index (χ0n) is 12.8. The van der Waals surface area contributed by atoms with Crippen LogP contribution in [0.15, 0.2) is 6.33 Å². The van der Waals surface area contributed by atoms with Crippen LogP contribution >= 0.6 is 0 Å². The van der Waals surface area contributed by atoms with Gasteiger partial charge >= 0.3 is 0 Å². The largest absolute Gasteiger partial charge is 0.302 e. The highest BCUT2D eigenvalue weighted by atomic mass is 32.2. The number of tetrazole rings is 1. The van der Waals surface area contributed by atoms with Crippen molar-refractivity contribution >= 4 is 10.0 Å². The lowest BCUT2D eigenvalue weighted by Gasteiger charge is -2.32. The molecule has 0 amide bonds. The van der Waals surface area contributed by atoms with Crippen molar-refractivity contribution < 1.29 is 8.42 Å². The fourth-order valence-electron chi connectivity index (χ4n) is 3.41. The molecule has 1 aromatic rings. The van der Waals surface area contributed by atoms with Gasteiger partial charge in [-0.1, -0.05) is 6.42 Å². The first-order chi connectivity index (χ1) is 10.6. The normalized spacial score (nSPS) is 24.8. The Morgan fingerprint density at radius 1 is 1.09 bits per heavy atom. The molecular formula is C13H24N6O2S. The lowest BCUT2D eigenvalue weighted by atomic mass is 10.1. The van der Waals surface area contributed by atoms with E-state index >= 15 is 0 Å². The lowest BCUT2D eigenvalue weighted by molar-refractivity contribution is 0.189. The molecule has 22 heavy (non-hydrogen) atoms. The van der Waals surface area contributed by atoms with Crippen molar-refractivity contribution in [3.8, 4) is 0 Å². The summed E-state index contributed by atoms with van der Waals surface area (Å²) in [4.78, 5) is 2.42. The molecule has 0 N–H and O–H groups in total. The minimum absolute atomic E-state index is 0.0640. The first-order valence-electron chi connectivity index (χ1n) is 8.08. The van der Waals surface area contributed by atoms with Crippen molar-refractivity contribution in [2.24, 2.45) is 0 Å². The molecule has 0 aromatic carbocycles. The summed E-state index contributed by atoms with van der Waals surface area (Å²) in [6, 6.07) is 0.136. The zero-order valence-corrected chi connectivity index (χ0v) is 13.7. The van der Waals surface area contributed by atoms with Crippen LogP contribution in [0.25, 0.3) is 0 Å². The van der Waals surface area contributed by atoms with Crippen LogP contribution < -0.4 is 0 Å². The summed E-state index contributed by atoms with van der Waals surface area (Å²) in [5.41, 5.74) is 0. The molecule has 0 spiro atoms. The highest BCUT2D eigenvalue weighted by Crippen LogP contribution is 2.23. The van der Waals surface area contributed by atoms with Gasteiger partial charge in [0.15, 0.2) is 0 Å². The van der Waals surface area contributed by atoms with Gasteiger partial charge in [0.25, 0.3) is 0 Å². The maximum absolute atomic E-state index is 12.6. The summed E-state index contributed by atoms with van der Waals surface area (Å²) < 4.78 is 28.4.